The molecular weight excluding hydrogens is 222 g/mol. The Bertz CT molecular complexity index is 333. The normalized spacial score (nSPS) is 45.4. The van der Waals surface area contributed by atoms with E-state index >= 15 is 0 Å². The van der Waals surface area contributed by atoms with Crippen LogP contribution in [0.4, 0.5) is 0 Å². The fourth-order valence-corrected chi connectivity index (χ4v) is 5.37. The fourth-order valence-electron chi connectivity index (χ4n) is 5.37. The van der Waals surface area contributed by atoms with Crippen LogP contribution < -0.4 is 5.32 Å². The first-order chi connectivity index (χ1) is 8.84. The van der Waals surface area contributed by atoms with Crippen LogP contribution >= 0.6 is 0 Å². The highest BCUT2D eigenvalue weighted by molar-refractivity contribution is 5.81. The van der Waals surface area contributed by atoms with E-state index in [1.165, 1.54) is 32.1 Å². The van der Waals surface area contributed by atoms with Gasteiger partial charge in [-0.05, 0) is 49.4 Å². The third kappa shape index (κ3) is 1.76. The summed E-state index contributed by atoms with van der Waals surface area (Å²) >= 11 is 0. The van der Waals surface area contributed by atoms with Crippen molar-refractivity contribution in [3.8, 4) is 0 Å². The van der Waals surface area contributed by atoms with Gasteiger partial charge in [-0.25, -0.2) is 0 Å². The molecular formula is C16H25NO. The molecule has 2 heteroatoms. The number of hydrogen-bond acceptors (Lipinski definition) is 2. The lowest BCUT2D eigenvalue weighted by atomic mass is 9.85. The fraction of sp³-hybridized carbons (Fsp3) is 0.938. The van der Waals surface area contributed by atoms with E-state index in [4.69, 9.17) is 0 Å². The van der Waals surface area contributed by atoms with Gasteiger partial charge in [-0.2, -0.15) is 0 Å². The van der Waals surface area contributed by atoms with E-state index in [0.29, 0.717) is 11.7 Å². The number of rotatable bonds is 5. The number of carbonyl (C=O) groups is 1. The summed E-state index contributed by atoms with van der Waals surface area (Å²) in [7, 11) is 0. The van der Waals surface area contributed by atoms with Crippen LogP contribution in [-0.2, 0) is 4.79 Å². The SMILES string of the molecule is O=C(CCNC1C2CC3C(C2)C31)C1CCCCC1. The molecule has 5 rings (SSSR count). The molecule has 0 saturated heterocycles. The third-order valence-electron chi connectivity index (χ3n) is 6.28. The van der Waals surface area contributed by atoms with E-state index in [-0.39, 0.29) is 0 Å². The molecule has 0 aliphatic heterocycles. The van der Waals surface area contributed by atoms with Gasteiger partial charge < -0.3 is 5.32 Å². The number of nitrogens with one attached hydrogen (secondary N) is 1. The Morgan fingerprint density at radius 2 is 1.78 bits per heavy atom. The van der Waals surface area contributed by atoms with Crippen molar-refractivity contribution in [3.63, 3.8) is 0 Å². The molecule has 0 aromatic carbocycles. The monoisotopic (exact) mass is 247 g/mol. The summed E-state index contributed by atoms with van der Waals surface area (Å²) in [6.07, 6.45) is 9.99. The minimum absolute atomic E-state index is 0.409. The molecule has 0 amide bonds. The Hall–Kier alpha value is -0.370. The summed E-state index contributed by atoms with van der Waals surface area (Å²) in [4.78, 5) is 12.1. The van der Waals surface area contributed by atoms with E-state index in [1.54, 1.807) is 0 Å². The van der Waals surface area contributed by atoms with Crippen LogP contribution in [0.15, 0.2) is 0 Å². The minimum atomic E-state index is 0.409. The first kappa shape index (κ1) is 11.5. The van der Waals surface area contributed by atoms with Gasteiger partial charge in [-0.15, -0.1) is 0 Å². The first-order valence-corrected chi connectivity index (χ1v) is 8.10. The molecule has 2 nitrogen and oxygen atoms in total. The maximum atomic E-state index is 12.1. The van der Waals surface area contributed by atoms with E-state index in [9.17, 15) is 4.79 Å². The van der Waals surface area contributed by atoms with Crippen molar-refractivity contribution in [2.75, 3.05) is 6.54 Å². The Morgan fingerprint density at radius 3 is 2.39 bits per heavy atom. The van der Waals surface area contributed by atoms with Crippen LogP contribution in [0.25, 0.3) is 0 Å². The highest BCUT2D eigenvalue weighted by atomic mass is 16.1. The van der Waals surface area contributed by atoms with Crippen molar-refractivity contribution in [1.82, 2.24) is 5.32 Å². The lowest BCUT2D eigenvalue weighted by Gasteiger charge is -2.21. The second kappa shape index (κ2) is 4.33. The number of carbonyl (C=O) groups excluding carboxylic acids is 1. The van der Waals surface area contributed by atoms with Crippen molar-refractivity contribution >= 4 is 5.78 Å². The molecule has 18 heavy (non-hydrogen) atoms. The van der Waals surface area contributed by atoms with E-state index in [1.807, 2.05) is 0 Å². The molecule has 4 bridgehead atoms. The summed E-state index contributed by atoms with van der Waals surface area (Å²) in [5.74, 6) is 5.10. The maximum Gasteiger partial charge on any atom is 0.137 e. The average Bonchev–Trinajstić information content (AvgIpc) is 2.77. The summed E-state index contributed by atoms with van der Waals surface area (Å²) < 4.78 is 0. The van der Waals surface area contributed by atoms with E-state index < -0.39 is 0 Å². The highest BCUT2D eigenvalue weighted by Gasteiger charge is 2.68. The summed E-state index contributed by atoms with van der Waals surface area (Å²) in [6, 6.07) is 0.791. The molecule has 100 valence electrons. The van der Waals surface area contributed by atoms with Crippen LogP contribution in [0.1, 0.15) is 51.4 Å². The molecule has 5 aliphatic rings. The van der Waals surface area contributed by atoms with Gasteiger partial charge in [0.15, 0.2) is 0 Å². The molecule has 5 fully saturated rings. The van der Waals surface area contributed by atoms with E-state index in [0.717, 1.165) is 55.5 Å². The molecule has 0 spiro atoms. The van der Waals surface area contributed by atoms with Crippen molar-refractivity contribution in [2.24, 2.45) is 29.6 Å². The number of hydrogen-bond donors (Lipinski definition) is 1. The predicted molar refractivity (Wildman–Crippen MR) is 71.2 cm³/mol. The zero-order chi connectivity index (χ0) is 12.1. The lowest BCUT2D eigenvalue weighted by Crippen LogP contribution is -2.34. The van der Waals surface area contributed by atoms with Crippen molar-refractivity contribution < 1.29 is 4.79 Å². The molecule has 0 heterocycles. The highest BCUT2D eigenvalue weighted by Crippen LogP contribution is 2.70. The van der Waals surface area contributed by atoms with Gasteiger partial charge in [0.2, 0.25) is 0 Å². The van der Waals surface area contributed by atoms with Gasteiger partial charge in [0, 0.05) is 24.9 Å². The zero-order valence-electron chi connectivity index (χ0n) is 11.2. The Morgan fingerprint density at radius 1 is 1.06 bits per heavy atom. The molecule has 1 N–H and O–H groups in total. The van der Waals surface area contributed by atoms with Crippen LogP contribution in [0.3, 0.4) is 0 Å². The summed E-state index contributed by atoms with van der Waals surface area (Å²) in [5, 5.41) is 3.71. The van der Waals surface area contributed by atoms with Crippen LogP contribution in [0.5, 0.6) is 0 Å². The Balaban J connectivity index is 1.21. The van der Waals surface area contributed by atoms with Crippen molar-refractivity contribution in [1.29, 1.82) is 0 Å². The smallest absolute Gasteiger partial charge is 0.137 e. The maximum absolute atomic E-state index is 12.1. The summed E-state index contributed by atoms with van der Waals surface area (Å²) in [5.41, 5.74) is 0. The summed E-state index contributed by atoms with van der Waals surface area (Å²) in [6.45, 7) is 0.951. The van der Waals surface area contributed by atoms with Crippen LogP contribution in [0, 0.1) is 29.6 Å². The standard InChI is InChI=1S/C16H25NO/c18-14(10-4-2-1-3-5-10)6-7-17-16-11-8-12-13(9-11)15(12)16/h10-13,15-17H,1-9H2. The van der Waals surface area contributed by atoms with Gasteiger partial charge in [-0.3, -0.25) is 4.79 Å². The van der Waals surface area contributed by atoms with Gasteiger partial charge in [0.05, 0.1) is 0 Å². The molecule has 3 unspecified atom stereocenters. The lowest BCUT2D eigenvalue weighted by molar-refractivity contribution is -0.123. The Labute approximate surface area is 110 Å². The number of ketones is 1. The molecule has 0 aromatic heterocycles. The zero-order valence-corrected chi connectivity index (χ0v) is 11.2. The second-order valence-electron chi connectivity index (χ2n) is 7.17. The number of Topliss-reactive ketones (excluding diaryl/α,β-unsaturated/α-hetero) is 1. The van der Waals surface area contributed by atoms with Crippen molar-refractivity contribution in [3.05, 3.63) is 0 Å². The quantitative estimate of drug-likeness (QED) is 0.809. The van der Waals surface area contributed by atoms with Crippen molar-refractivity contribution in [2.45, 2.75) is 57.4 Å². The molecule has 3 atom stereocenters. The second-order valence-corrected chi connectivity index (χ2v) is 7.17. The van der Waals surface area contributed by atoms with Gasteiger partial charge in [-0.1, -0.05) is 19.3 Å². The van der Waals surface area contributed by atoms with Gasteiger partial charge in [0.1, 0.15) is 5.78 Å². The van der Waals surface area contributed by atoms with E-state index in [2.05, 4.69) is 5.32 Å². The molecule has 5 aliphatic carbocycles. The third-order valence-corrected chi connectivity index (χ3v) is 6.28. The van der Waals surface area contributed by atoms with Crippen LogP contribution in [0.2, 0.25) is 0 Å². The van der Waals surface area contributed by atoms with Gasteiger partial charge in [0.25, 0.3) is 0 Å². The van der Waals surface area contributed by atoms with Crippen LogP contribution in [-0.4, -0.2) is 18.4 Å². The first-order valence-electron chi connectivity index (χ1n) is 8.10. The molecule has 0 radical (unpaired) electrons. The molecule has 5 saturated carbocycles. The molecule has 0 aromatic rings. The average molecular weight is 247 g/mol. The van der Waals surface area contributed by atoms with Gasteiger partial charge >= 0.3 is 0 Å². The Kier molecular flexibility index (Phi) is 2.76. The largest absolute Gasteiger partial charge is 0.313 e. The topological polar surface area (TPSA) is 29.1 Å². The minimum Gasteiger partial charge on any atom is -0.313 e. The predicted octanol–water partition coefficient (Wildman–Crippen LogP) is 2.77.